The van der Waals surface area contributed by atoms with Gasteiger partial charge in [0.1, 0.15) is 41.3 Å². The lowest BCUT2D eigenvalue weighted by molar-refractivity contribution is -0.136. The van der Waals surface area contributed by atoms with Crippen molar-refractivity contribution in [2.45, 2.75) is 32.0 Å². The molecule has 0 aliphatic carbocycles. The molecular formula is C47H40N8O9. The van der Waals surface area contributed by atoms with Gasteiger partial charge in [0.25, 0.3) is 11.8 Å². The van der Waals surface area contributed by atoms with Gasteiger partial charge >= 0.3 is 5.97 Å². The van der Waals surface area contributed by atoms with E-state index in [1.165, 1.54) is 6.07 Å². The molecule has 1 saturated heterocycles. The Labute approximate surface area is 365 Å². The molecular weight excluding hydrogens is 821 g/mol. The molecule has 0 spiro atoms. The standard InChI is InChI=1S/C47H40N8O9/c56-40-18-17-37(44(57)50-40)55-45(58)36-7-4-8-38(41(36)46(55)59)64-24-23-62-21-22-63-28-35-27-53(52-51-35)26-29-9-11-31(12-10-29)42-43(48-34-15-13-32(14-16-34)47(60)61)54-20-19-33(25-39(54)49-42)30-5-2-1-3-6-30/h1-16,19-20,25,27,37,48H,17-18,21-24,26,28H2,(H,60,61)(H,50,56,57). The lowest BCUT2D eigenvalue weighted by Crippen LogP contribution is -2.54. The Morgan fingerprint density at radius 2 is 1.59 bits per heavy atom. The number of aromatic carboxylic acids is 1. The van der Waals surface area contributed by atoms with Gasteiger partial charge in [-0.05, 0) is 71.6 Å². The maximum absolute atomic E-state index is 13.3. The number of amides is 4. The van der Waals surface area contributed by atoms with E-state index in [0.29, 0.717) is 12.2 Å². The first-order valence-electron chi connectivity index (χ1n) is 20.5. The number of piperidine rings is 1. The quantitative estimate of drug-likeness (QED) is 0.0736. The number of carboxylic acids is 1. The molecule has 0 radical (unpaired) electrons. The van der Waals surface area contributed by atoms with Crippen molar-refractivity contribution in [3.05, 3.63) is 150 Å². The van der Waals surface area contributed by atoms with Crippen LogP contribution in [-0.4, -0.2) is 96.5 Å². The number of hydrogen-bond donors (Lipinski definition) is 3. The molecule has 4 aromatic carbocycles. The Kier molecular flexibility index (Phi) is 11.7. The van der Waals surface area contributed by atoms with Crippen LogP contribution in [0.5, 0.6) is 5.75 Å². The van der Waals surface area contributed by atoms with E-state index in [0.717, 1.165) is 50.0 Å². The van der Waals surface area contributed by atoms with E-state index in [1.807, 2.05) is 71.4 Å². The molecule has 0 saturated carbocycles. The zero-order valence-corrected chi connectivity index (χ0v) is 34.2. The summed E-state index contributed by atoms with van der Waals surface area (Å²) in [6, 6.07) is 32.4. The van der Waals surface area contributed by atoms with Crippen molar-refractivity contribution in [2.24, 2.45) is 0 Å². The van der Waals surface area contributed by atoms with Gasteiger partial charge in [0.15, 0.2) is 0 Å². The van der Waals surface area contributed by atoms with Crippen LogP contribution in [-0.2, 0) is 32.2 Å². The second-order valence-electron chi connectivity index (χ2n) is 15.1. The summed E-state index contributed by atoms with van der Waals surface area (Å²) in [4.78, 5) is 67.7. The number of imidazole rings is 1. The highest BCUT2D eigenvalue weighted by Gasteiger charge is 2.46. The molecule has 17 nitrogen and oxygen atoms in total. The van der Waals surface area contributed by atoms with Gasteiger partial charge in [0.2, 0.25) is 11.8 Å². The Morgan fingerprint density at radius 1 is 0.812 bits per heavy atom. The molecule has 4 amide bonds. The number of carboxylic acid groups (broad SMARTS) is 1. The molecule has 2 aliphatic rings. The van der Waals surface area contributed by atoms with E-state index in [4.69, 9.17) is 19.2 Å². The van der Waals surface area contributed by atoms with E-state index in [9.17, 15) is 29.1 Å². The number of carbonyl (C=O) groups is 5. The monoisotopic (exact) mass is 860 g/mol. The van der Waals surface area contributed by atoms with Crippen molar-refractivity contribution in [1.29, 1.82) is 0 Å². The average Bonchev–Trinajstić information content (AvgIpc) is 3.98. The molecule has 1 fully saturated rings. The van der Waals surface area contributed by atoms with Gasteiger partial charge < -0.3 is 24.6 Å². The van der Waals surface area contributed by atoms with Crippen LogP contribution in [0.1, 0.15) is 55.2 Å². The number of rotatable bonds is 17. The van der Waals surface area contributed by atoms with E-state index >= 15 is 0 Å². The molecule has 2 aliphatic heterocycles. The van der Waals surface area contributed by atoms with Crippen LogP contribution in [0.25, 0.3) is 28.0 Å². The fourth-order valence-electron chi connectivity index (χ4n) is 7.66. The topological polar surface area (TPSA) is 209 Å². The maximum Gasteiger partial charge on any atom is 0.335 e. The van der Waals surface area contributed by atoms with Crippen molar-refractivity contribution in [2.75, 3.05) is 31.7 Å². The van der Waals surface area contributed by atoms with Gasteiger partial charge in [-0.2, -0.15) is 0 Å². The average molecular weight is 861 g/mol. The summed E-state index contributed by atoms with van der Waals surface area (Å²) in [5.41, 5.74) is 7.24. The largest absolute Gasteiger partial charge is 0.490 e. The number of fused-ring (bicyclic) bond motifs is 2. The van der Waals surface area contributed by atoms with Crippen molar-refractivity contribution in [1.82, 2.24) is 34.6 Å². The van der Waals surface area contributed by atoms with Crippen LogP contribution >= 0.6 is 0 Å². The van der Waals surface area contributed by atoms with Crippen molar-refractivity contribution in [3.63, 3.8) is 0 Å². The Hall–Kier alpha value is -8.02. The molecule has 3 N–H and O–H groups in total. The summed E-state index contributed by atoms with van der Waals surface area (Å²) in [5, 5.41) is 23.5. The zero-order valence-electron chi connectivity index (χ0n) is 34.2. The molecule has 322 valence electrons. The van der Waals surface area contributed by atoms with Crippen molar-refractivity contribution >= 4 is 46.8 Å². The highest BCUT2D eigenvalue weighted by Crippen LogP contribution is 2.35. The van der Waals surface area contributed by atoms with Crippen LogP contribution in [0.3, 0.4) is 0 Å². The third-order valence-electron chi connectivity index (χ3n) is 10.8. The summed E-state index contributed by atoms with van der Waals surface area (Å²) in [7, 11) is 0. The highest BCUT2D eigenvalue weighted by molar-refractivity contribution is 6.24. The summed E-state index contributed by atoms with van der Waals surface area (Å²) in [5.74, 6) is -2.40. The summed E-state index contributed by atoms with van der Waals surface area (Å²) in [6.07, 6.45) is 3.89. The number of hydrogen-bond acceptors (Lipinski definition) is 12. The first kappa shape index (κ1) is 41.3. The van der Waals surface area contributed by atoms with E-state index < -0.39 is 35.6 Å². The van der Waals surface area contributed by atoms with Crippen LogP contribution in [0.15, 0.2) is 122 Å². The van der Waals surface area contributed by atoms with Crippen LogP contribution < -0.4 is 15.4 Å². The van der Waals surface area contributed by atoms with Gasteiger partial charge in [-0.3, -0.25) is 33.8 Å². The summed E-state index contributed by atoms with van der Waals surface area (Å²) in [6.45, 7) is 1.54. The first-order chi connectivity index (χ1) is 31.2. The maximum atomic E-state index is 13.3. The lowest BCUT2D eigenvalue weighted by atomic mass is 10.0. The minimum atomic E-state index is -1.06. The number of ether oxygens (including phenoxy) is 3. The zero-order chi connectivity index (χ0) is 44.2. The first-order valence-corrected chi connectivity index (χ1v) is 20.5. The number of benzene rings is 4. The van der Waals surface area contributed by atoms with E-state index in [1.54, 1.807) is 41.1 Å². The molecule has 7 aromatic rings. The number of anilines is 2. The smallest absolute Gasteiger partial charge is 0.335 e. The highest BCUT2D eigenvalue weighted by atomic mass is 16.5. The molecule has 1 unspecified atom stereocenters. The Balaban J connectivity index is 0.764. The second kappa shape index (κ2) is 18.1. The number of pyridine rings is 1. The SMILES string of the molecule is O=C1CCC(N2C(=O)c3cccc(OCCOCCOCc4cn(Cc5ccc(-c6nc7cc(-c8ccccc8)ccn7c6Nc6ccc(C(=O)O)cc6)cc5)nn4)c3C2=O)C(=O)N1. The summed E-state index contributed by atoms with van der Waals surface area (Å²) >= 11 is 0. The fraction of sp³-hybridized carbons (Fsp3) is 0.191. The Morgan fingerprint density at radius 3 is 2.38 bits per heavy atom. The predicted molar refractivity (Wildman–Crippen MR) is 231 cm³/mol. The minimum Gasteiger partial charge on any atom is -0.490 e. The van der Waals surface area contributed by atoms with Crippen molar-refractivity contribution < 1.29 is 43.3 Å². The van der Waals surface area contributed by atoms with Gasteiger partial charge in [-0.25, -0.2) is 14.5 Å². The number of nitrogens with zero attached hydrogens (tertiary/aromatic N) is 6. The van der Waals surface area contributed by atoms with E-state index in [-0.39, 0.29) is 68.3 Å². The van der Waals surface area contributed by atoms with Crippen molar-refractivity contribution in [3.8, 4) is 28.1 Å². The minimum absolute atomic E-state index is 0.0355. The molecule has 5 heterocycles. The molecule has 17 heteroatoms. The van der Waals surface area contributed by atoms with E-state index in [2.05, 4.69) is 33.1 Å². The van der Waals surface area contributed by atoms with Gasteiger partial charge in [-0.15, -0.1) is 5.10 Å². The molecule has 64 heavy (non-hydrogen) atoms. The molecule has 9 rings (SSSR count). The Bertz CT molecular complexity index is 2890. The number of nitrogens with one attached hydrogen (secondary N) is 2. The van der Waals surface area contributed by atoms with Crippen LogP contribution in [0, 0.1) is 0 Å². The number of imide groups is 2. The van der Waals surface area contributed by atoms with Gasteiger partial charge in [-0.1, -0.05) is 65.9 Å². The van der Waals surface area contributed by atoms with Gasteiger partial charge in [0.05, 0.1) is 55.9 Å². The third-order valence-corrected chi connectivity index (χ3v) is 10.8. The summed E-state index contributed by atoms with van der Waals surface area (Å²) < 4.78 is 20.9. The third kappa shape index (κ3) is 8.70. The van der Waals surface area contributed by atoms with Crippen LogP contribution in [0.4, 0.5) is 11.5 Å². The fourth-order valence-corrected chi connectivity index (χ4v) is 7.66. The molecule has 1 atom stereocenters. The molecule has 0 bridgehead atoms. The second-order valence-corrected chi connectivity index (χ2v) is 15.1. The van der Waals surface area contributed by atoms with Crippen LogP contribution in [0.2, 0.25) is 0 Å². The van der Waals surface area contributed by atoms with Gasteiger partial charge in [0, 0.05) is 23.9 Å². The number of carbonyl (C=O) groups excluding carboxylic acids is 4. The number of aromatic nitrogens is 5. The predicted octanol–water partition coefficient (Wildman–Crippen LogP) is 5.76. The molecule has 3 aromatic heterocycles. The normalized spacial score (nSPS) is 14.8. The lowest BCUT2D eigenvalue weighted by Gasteiger charge is -2.27.